The van der Waals surface area contributed by atoms with Crippen LogP contribution in [-0.4, -0.2) is 6.29 Å². The van der Waals surface area contributed by atoms with Crippen molar-refractivity contribution in [1.82, 2.24) is 0 Å². The zero-order chi connectivity index (χ0) is 12.2. The molecule has 0 spiro atoms. The molecule has 0 unspecified atom stereocenters. The summed E-state index contributed by atoms with van der Waals surface area (Å²) in [5.41, 5.74) is 4.51. The summed E-state index contributed by atoms with van der Waals surface area (Å²) >= 11 is 0. The summed E-state index contributed by atoms with van der Waals surface area (Å²) in [6.07, 6.45) is -4.06. The fraction of sp³-hybridized carbons (Fsp3) is 0.182. The molecule has 5 heteroatoms. The van der Waals surface area contributed by atoms with Gasteiger partial charge in [0.05, 0.1) is 12.0 Å². The monoisotopic (exact) mass is 227 g/mol. The SMILES string of the molecule is Nc1ccc(C(F)(F)F)c(C#CCC=O)c1. The normalized spacial score (nSPS) is 10.4. The Morgan fingerprint density at radius 3 is 2.62 bits per heavy atom. The summed E-state index contributed by atoms with van der Waals surface area (Å²) in [4.78, 5) is 9.99. The molecular weight excluding hydrogens is 219 g/mol. The molecular formula is C11H8F3NO. The molecule has 0 saturated heterocycles. The molecule has 0 fully saturated rings. The maximum absolute atomic E-state index is 12.5. The minimum atomic E-state index is -4.47. The van der Waals surface area contributed by atoms with Crippen LogP contribution in [-0.2, 0) is 11.0 Å². The predicted octanol–water partition coefficient (Wildman–Crippen LogP) is 2.23. The number of benzene rings is 1. The largest absolute Gasteiger partial charge is 0.417 e. The van der Waals surface area contributed by atoms with E-state index < -0.39 is 11.7 Å². The zero-order valence-corrected chi connectivity index (χ0v) is 8.14. The van der Waals surface area contributed by atoms with Gasteiger partial charge in [0, 0.05) is 11.3 Å². The Labute approximate surface area is 90.3 Å². The number of halogens is 3. The lowest BCUT2D eigenvalue weighted by Gasteiger charge is -2.09. The van der Waals surface area contributed by atoms with Crippen molar-refractivity contribution in [2.75, 3.05) is 5.73 Å². The summed E-state index contributed by atoms with van der Waals surface area (Å²) in [7, 11) is 0. The van der Waals surface area contributed by atoms with Crippen LogP contribution in [0, 0.1) is 11.8 Å². The molecule has 1 aromatic carbocycles. The summed E-state index contributed by atoms with van der Waals surface area (Å²) in [5, 5.41) is 0. The van der Waals surface area contributed by atoms with Gasteiger partial charge in [0.15, 0.2) is 0 Å². The highest BCUT2D eigenvalue weighted by molar-refractivity contribution is 5.57. The van der Waals surface area contributed by atoms with Crippen LogP contribution in [0.4, 0.5) is 18.9 Å². The molecule has 2 nitrogen and oxygen atoms in total. The molecule has 1 rings (SSSR count). The lowest BCUT2D eigenvalue weighted by Crippen LogP contribution is -2.08. The molecule has 0 saturated carbocycles. The van der Waals surface area contributed by atoms with E-state index in [1.54, 1.807) is 0 Å². The van der Waals surface area contributed by atoms with Gasteiger partial charge < -0.3 is 10.5 Å². The number of hydrogen-bond donors (Lipinski definition) is 1. The van der Waals surface area contributed by atoms with Gasteiger partial charge in [-0.1, -0.05) is 11.8 Å². The second-order valence-electron chi connectivity index (χ2n) is 2.98. The van der Waals surface area contributed by atoms with E-state index in [0.29, 0.717) is 6.29 Å². The number of rotatable bonds is 1. The van der Waals surface area contributed by atoms with Crippen molar-refractivity contribution in [3.8, 4) is 11.8 Å². The molecule has 1 aromatic rings. The number of hydrogen-bond acceptors (Lipinski definition) is 2. The van der Waals surface area contributed by atoms with E-state index in [-0.39, 0.29) is 17.7 Å². The van der Waals surface area contributed by atoms with Crippen LogP contribution in [0.1, 0.15) is 17.5 Å². The van der Waals surface area contributed by atoms with E-state index in [4.69, 9.17) is 5.73 Å². The van der Waals surface area contributed by atoms with Gasteiger partial charge in [-0.15, -0.1) is 0 Å². The number of carbonyl (C=O) groups is 1. The van der Waals surface area contributed by atoms with Crippen LogP contribution in [0.25, 0.3) is 0 Å². The summed E-state index contributed by atoms with van der Waals surface area (Å²) in [6.45, 7) is 0. The van der Waals surface area contributed by atoms with E-state index in [1.165, 1.54) is 0 Å². The smallest absolute Gasteiger partial charge is 0.399 e. The van der Waals surface area contributed by atoms with Crippen molar-refractivity contribution >= 4 is 12.0 Å². The fourth-order valence-corrected chi connectivity index (χ4v) is 1.10. The molecule has 0 radical (unpaired) electrons. The van der Waals surface area contributed by atoms with Gasteiger partial charge in [-0.25, -0.2) is 0 Å². The second kappa shape index (κ2) is 4.71. The fourth-order valence-electron chi connectivity index (χ4n) is 1.10. The van der Waals surface area contributed by atoms with E-state index in [0.717, 1.165) is 18.2 Å². The molecule has 0 aliphatic carbocycles. The molecule has 0 aliphatic heterocycles. The van der Waals surface area contributed by atoms with Crippen molar-refractivity contribution in [1.29, 1.82) is 0 Å². The topological polar surface area (TPSA) is 43.1 Å². The molecule has 2 N–H and O–H groups in total. The standard InChI is InChI=1S/C11H8F3NO/c12-11(13,14)10-5-4-9(15)7-8(10)3-1-2-6-16/h4-7H,2,15H2. The van der Waals surface area contributed by atoms with Gasteiger partial charge in [-0.2, -0.15) is 13.2 Å². The van der Waals surface area contributed by atoms with Crippen LogP contribution in [0.2, 0.25) is 0 Å². The third kappa shape index (κ3) is 3.02. The number of alkyl halides is 3. The van der Waals surface area contributed by atoms with Gasteiger partial charge >= 0.3 is 6.18 Å². The maximum atomic E-state index is 12.5. The van der Waals surface area contributed by atoms with Gasteiger partial charge in [0.1, 0.15) is 6.29 Å². The van der Waals surface area contributed by atoms with E-state index in [2.05, 4.69) is 11.8 Å². The average molecular weight is 227 g/mol. The molecule has 0 bridgehead atoms. The summed E-state index contributed by atoms with van der Waals surface area (Å²) < 4.78 is 37.5. The Balaban J connectivity index is 3.20. The summed E-state index contributed by atoms with van der Waals surface area (Å²) in [5.74, 6) is 4.60. The first-order chi connectivity index (χ1) is 7.45. The Kier molecular flexibility index (Phi) is 3.56. The number of aldehydes is 1. The minimum absolute atomic E-state index is 0.105. The maximum Gasteiger partial charge on any atom is 0.417 e. The molecule has 0 aromatic heterocycles. The third-order valence-corrected chi connectivity index (χ3v) is 1.76. The Morgan fingerprint density at radius 2 is 2.06 bits per heavy atom. The highest BCUT2D eigenvalue weighted by Crippen LogP contribution is 2.32. The number of anilines is 1. The van der Waals surface area contributed by atoms with Crippen LogP contribution in [0.5, 0.6) is 0 Å². The summed E-state index contributed by atoms with van der Waals surface area (Å²) in [6, 6.07) is 3.18. The van der Waals surface area contributed by atoms with E-state index in [1.807, 2.05) is 0 Å². The van der Waals surface area contributed by atoms with Crippen molar-refractivity contribution < 1.29 is 18.0 Å². The first-order valence-corrected chi connectivity index (χ1v) is 4.34. The Hall–Kier alpha value is -1.96. The van der Waals surface area contributed by atoms with E-state index >= 15 is 0 Å². The Bertz CT molecular complexity index is 455. The highest BCUT2D eigenvalue weighted by Gasteiger charge is 2.32. The first kappa shape index (κ1) is 12.1. The number of carbonyl (C=O) groups excluding carboxylic acids is 1. The van der Waals surface area contributed by atoms with Gasteiger partial charge in [0.25, 0.3) is 0 Å². The highest BCUT2D eigenvalue weighted by atomic mass is 19.4. The van der Waals surface area contributed by atoms with E-state index in [9.17, 15) is 18.0 Å². The lowest BCUT2D eigenvalue weighted by atomic mass is 10.1. The van der Waals surface area contributed by atoms with Crippen LogP contribution in [0.3, 0.4) is 0 Å². The van der Waals surface area contributed by atoms with Crippen molar-refractivity contribution in [3.05, 3.63) is 29.3 Å². The molecule has 0 aliphatic rings. The van der Waals surface area contributed by atoms with Gasteiger partial charge in [-0.05, 0) is 18.2 Å². The van der Waals surface area contributed by atoms with Crippen LogP contribution >= 0.6 is 0 Å². The van der Waals surface area contributed by atoms with Crippen LogP contribution < -0.4 is 5.73 Å². The zero-order valence-electron chi connectivity index (χ0n) is 8.14. The van der Waals surface area contributed by atoms with Crippen LogP contribution in [0.15, 0.2) is 18.2 Å². The average Bonchev–Trinajstić information content (AvgIpc) is 2.16. The number of nitrogen functional groups attached to an aromatic ring is 1. The predicted molar refractivity (Wildman–Crippen MR) is 53.4 cm³/mol. The third-order valence-electron chi connectivity index (χ3n) is 1.76. The van der Waals surface area contributed by atoms with Crippen molar-refractivity contribution in [2.24, 2.45) is 0 Å². The quantitative estimate of drug-likeness (QED) is 0.454. The molecule has 0 amide bonds. The molecule has 0 atom stereocenters. The van der Waals surface area contributed by atoms with Crippen molar-refractivity contribution in [2.45, 2.75) is 12.6 Å². The van der Waals surface area contributed by atoms with Gasteiger partial charge in [-0.3, -0.25) is 0 Å². The van der Waals surface area contributed by atoms with Gasteiger partial charge in [0.2, 0.25) is 0 Å². The first-order valence-electron chi connectivity index (χ1n) is 4.34. The lowest BCUT2D eigenvalue weighted by molar-refractivity contribution is -0.137. The molecule has 84 valence electrons. The van der Waals surface area contributed by atoms with Crippen molar-refractivity contribution in [3.63, 3.8) is 0 Å². The Morgan fingerprint density at radius 1 is 1.38 bits per heavy atom. The number of nitrogens with two attached hydrogens (primary N) is 1. The second-order valence-corrected chi connectivity index (χ2v) is 2.98. The molecule has 16 heavy (non-hydrogen) atoms. The minimum Gasteiger partial charge on any atom is -0.399 e. The molecule has 0 heterocycles.